The summed E-state index contributed by atoms with van der Waals surface area (Å²) in [6.07, 6.45) is 0. The first kappa shape index (κ1) is 17.3. The summed E-state index contributed by atoms with van der Waals surface area (Å²) >= 11 is 0. The number of benzene rings is 2. The van der Waals surface area contributed by atoms with Crippen molar-refractivity contribution in [3.8, 4) is 5.75 Å². The first-order valence-corrected chi connectivity index (χ1v) is 8.54. The van der Waals surface area contributed by atoms with E-state index in [1.165, 1.54) is 10.1 Å². The van der Waals surface area contributed by atoms with E-state index in [4.69, 9.17) is 9.15 Å². The van der Waals surface area contributed by atoms with Crippen LogP contribution in [0.15, 0.2) is 51.7 Å². The van der Waals surface area contributed by atoms with Gasteiger partial charge in [-0.1, -0.05) is 32.0 Å². The van der Waals surface area contributed by atoms with E-state index in [9.17, 15) is 4.79 Å². The van der Waals surface area contributed by atoms with Crippen molar-refractivity contribution in [2.45, 2.75) is 26.9 Å². The van der Waals surface area contributed by atoms with Gasteiger partial charge in [-0.2, -0.15) is 0 Å². The zero-order chi connectivity index (χ0) is 17.8. The number of aryl methyl sites for hydroxylation is 1. The van der Waals surface area contributed by atoms with Gasteiger partial charge in [0.15, 0.2) is 5.58 Å². The molecule has 0 radical (unpaired) electrons. The van der Waals surface area contributed by atoms with Gasteiger partial charge in [-0.15, -0.1) is 0 Å². The Labute approximate surface area is 147 Å². The Morgan fingerprint density at radius 2 is 1.88 bits per heavy atom. The minimum absolute atomic E-state index is 0.335. The van der Waals surface area contributed by atoms with Gasteiger partial charge in [-0.05, 0) is 41.3 Å². The molecule has 1 heterocycles. The molecule has 3 aromatic rings. The smallest absolute Gasteiger partial charge is 0.419 e. The number of fused-ring (bicyclic) bond motifs is 1. The van der Waals surface area contributed by atoms with Crippen molar-refractivity contribution < 1.29 is 9.15 Å². The van der Waals surface area contributed by atoms with E-state index in [1.54, 1.807) is 7.05 Å². The van der Waals surface area contributed by atoms with E-state index in [1.807, 2.05) is 30.3 Å². The third kappa shape index (κ3) is 4.31. The molecule has 2 aromatic carbocycles. The molecule has 0 atom stereocenters. The van der Waals surface area contributed by atoms with Crippen molar-refractivity contribution in [1.29, 1.82) is 0 Å². The lowest BCUT2D eigenvalue weighted by Gasteiger charge is -2.10. The summed E-state index contributed by atoms with van der Waals surface area (Å²) in [5.74, 6) is 1.08. The van der Waals surface area contributed by atoms with Crippen LogP contribution in [0.2, 0.25) is 0 Å². The predicted molar refractivity (Wildman–Crippen MR) is 98.8 cm³/mol. The van der Waals surface area contributed by atoms with Crippen molar-refractivity contribution in [2.24, 2.45) is 13.0 Å². The summed E-state index contributed by atoms with van der Waals surface area (Å²) in [5, 5.41) is 3.41. The Morgan fingerprint density at radius 1 is 1.12 bits per heavy atom. The van der Waals surface area contributed by atoms with Crippen molar-refractivity contribution in [3.05, 3.63) is 64.1 Å². The summed E-state index contributed by atoms with van der Waals surface area (Å²) in [5.41, 5.74) is 3.68. The third-order valence-electron chi connectivity index (χ3n) is 4.00. The van der Waals surface area contributed by atoms with Crippen molar-refractivity contribution in [3.63, 3.8) is 0 Å². The lowest BCUT2D eigenvalue weighted by molar-refractivity contribution is 0.271. The second kappa shape index (κ2) is 7.57. The number of aromatic nitrogens is 1. The zero-order valence-corrected chi connectivity index (χ0v) is 14.9. The van der Waals surface area contributed by atoms with Crippen LogP contribution in [0.4, 0.5) is 0 Å². The highest BCUT2D eigenvalue weighted by Gasteiger charge is 2.06. The van der Waals surface area contributed by atoms with Gasteiger partial charge in [-0.3, -0.25) is 4.57 Å². The molecule has 0 saturated heterocycles. The summed E-state index contributed by atoms with van der Waals surface area (Å²) in [6.45, 7) is 6.44. The molecule has 0 saturated carbocycles. The molecule has 1 aromatic heterocycles. The topological polar surface area (TPSA) is 56.4 Å². The Bertz CT molecular complexity index is 909. The Morgan fingerprint density at radius 3 is 2.64 bits per heavy atom. The molecular formula is C20H24N2O3. The normalized spacial score (nSPS) is 11.4. The molecule has 1 N–H and O–H groups in total. The van der Waals surface area contributed by atoms with Gasteiger partial charge in [0.05, 0.1) is 12.1 Å². The molecule has 25 heavy (non-hydrogen) atoms. The van der Waals surface area contributed by atoms with Gasteiger partial charge in [0, 0.05) is 20.1 Å². The van der Waals surface area contributed by atoms with Gasteiger partial charge in [0.2, 0.25) is 0 Å². The number of hydrogen-bond acceptors (Lipinski definition) is 4. The van der Waals surface area contributed by atoms with Crippen LogP contribution in [0.25, 0.3) is 11.1 Å². The largest absolute Gasteiger partial charge is 0.493 e. The molecule has 0 aliphatic carbocycles. The highest BCUT2D eigenvalue weighted by atomic mass is 16.5. The lowest BCUT2D eigenvalue weighted by atomic mass is 10.2. The first-order valence-electron chi connectivity index (χ1n) is 8.54. The van der Waals surface area contributed by atoms with Crippen LogP contribution in [-0.2, 0) is 20.1 Å². The molecular weight excluding hydrogens is 316 g/mol. The van der Waals surface area contributed by atoms with E-state index < -0.39 is 0 Å². The minimum atomic E-state index is -0.335. The van der Waals surface area contributed by atoms with E-state index >= 15 is 0 Å². The Balaban J connectivity index is 1.59. The van der Waals surface area contributed by atoms with E-state index in [0.29, 0.717) is 18.0 Å². The highest BCUT2D eigenvalue weighted by molar-refractivity contribution is 5.73. The average Bonchev–Trinajstić information content (AvgIpc) is 2.87. The fourth-order valence-corrected chi connectivity index (χ4v) is 2.65. The maximum atomic E-state index is 11.5. The number of hydrogen-bond donors (Lipinski definition) is 1. The second-order valence-corrected chi connectivity index (χ2v) is 6.68. The van der Waals surface area contributed by atoms with Gasteiger partial charge in [-0.25, -0.2) is 4.79 Å². The Hall–Kier alpha value is -2.53. The van der Waals surface area contributed by atoms with Gasteiger partial charge in [0.1, 0.15) is 5.75 Å². The number of rotatable bonds is 7. The van der Waals surface area contributed by atoms with Crippen molar-refractivity contribution in [1.82, 2.24) is 9.88 Å². The van der Waals surface area contributed by atoms with Crippen LogP contribution in [0.1, 0.15) is 25.0 Å². The predicted octanol–water partition coefficient (Wildman–Crippen LogP) is 3.46. The van der Waals surface area contributed by atoms with Gasteiger partial charge in [0.25, 0.3) is 0 Å². The van der Waals surface area contributed by atoms with Crippen LogP contribution in [-0.4, -0.2) is 11.2 Å². The molecule has 132 valence electrons. The van der Waals surface area contributed by atoms with Crippen molar-refractivity contribution in [2.75, 3.05) is 6.61 Å². The molecule has 0 fully saturated rings. The third-order valence-corrected chi connectivity index (χ3v) is 4.00. The molecule has 0 amide bonds. The molecule has 0 bridgehead atoms. The Kier molecular flexibility index (Phi) is 5.24. The van der Waals surface area contributed by atoms with E-state index in [0.717, 1.165) is 30.0 Å². The van der Waals surface area contributed by atoms with Crippen LogP contribution >= 0.6 is 0 Å². The number of ether oxygens (including phenoxy) is 1. The standard InChI is InChI=1S/C20H24N2O3/c1-14(2)13-24-17-6-4-5-15(9-17)11-21-12-16-7-8-18-19(10-16)25-20(23)22(18)3/h4-10,14,21H,11-13H2,1-3H3. The number of nitrogens with zero attached hydrogens (tertiary/aromatic N) is 1. The average molecular weight is 340 g/mol. The molecule has 0 aliphatic rings. The summed E-state index contributed by atoms with van der Waals surface area (Å²) in [6, 6.07) is 14.0. The molecule has 0 aliphatic heterocycles. The minimum Gasteiger partial charge on any atom is -0.493 e. The summed E-state index contributed by atoms with van der Waals surface area (Å²) in [4.78, 5) is 11.5. The molecule has 0 spiro atoms. The second-order valence-electron chi connectivity index (χ2n) is 6.68. The van der Waals surface area contributed by atoms with E-state index in [-0.39, 0.29) is 5.76 Å². The van der Waals surface area contributed by atoms with Gasteiger partial charge < -0.3 is 14.5 Å². The fourth-order valence-electron chi connectivity index (χ4n) is 2.65. The lowest BCUT2D eigenvalue weighted by Crippen LogP contribution is -2.13. The molecule has 3 rings (SSSR count). The summed E-state index contributed by atoms with van der Waals surface area (Å²) in [7, 11) is 1.71. The SMILES string of the molecule is CC(C)COc1cccc(CNCc2ccc3c(c2)oc(=O)n3C)c1. The quantitative estimate of drug-likeness (QED) is 0.716. The van der Waals surface area contributed by atoms with Crippen LogP contribution in [0.3, 0.4) is 0 Å². The molecule has 5 nitrogen and oxygen atoms in total. The molecule has 0 unspecified atom stereocenters. The van der Waals surface area contributed by atoms with Crippen LogP contribution < -0.4 is 15.8 Å². The summed E-state index contributed by atoms with van der Waals surface area (Å²) < 4.78 is 12.5. The fraction of sp³-hybridized carbons (Fsp3) is 0.350. The van der Waals surface area contributed by atoms with Crippen molar-refractivity contribution >= 4 is 11.1 Å². The van der Waals surface area contributed by atoms with Gasteiger partial charge >= 0.3 is 5.76 Å². The van der Waals surface area contributed by atoms with E-state index in [2.05, 4.69) is 31.3 Å². The highest BCUT2D eigenvalue weighted by Crippen LogP contribution is 2.16. The monoisotopic (exact) mass is 340 g/mol. The maximum Gasteiger partial charge on any atom is 0.419 e. The first-order chi connectivity index (χ1) is 12.0. The number of oxazole rings is 1. The van der Waals surface area contributed by atoms with Crippen LogP contribution in [0.5, 0.6) is 5.75 Å². The maximum absolute atomic E-state index is 11.5. The number of nitrogens with one attached hydrogen (secondary N) is 1. The van der Waals surface area contributed by atoms with Crippen LogP contribution in [0, 0.1) is 5.92 Å². The zero-order valence-electron chi connectivity index (χ0n) is 14.9. The molecule has 5 heteroatoms.